The van der Waals surface area contributed by atoms with Crippen molar-refractivity contribution in [3.63, 3.8) is 0 Å². The minimum Gasteiger partial charge on any atom is -0.444 e. The molecular formula is C18H22BrN3O3. The molecule has 1 aromatic carbocycles. The van der Waals surface area contributed by atoms with Gasteiger partial charge in [0.2, 0.25) is 0 Å². The standard InChI is InChI=1S/C18H22BrN3O3/c1-18(2,3)25-17(24)22-10-8-21(9-11-22)16(23)15-14(19)12-6-4-5-7-13(12)20-15/h4-7,20H,8-11H2,1-3H3. The third-order valence-electron chi connectivity index (χ3n) is 4.08. The van der Waals surface area contributed by atoms with Crippen LogP contribution in [0.25, 0.3) is 10.9 Å². The number of hydrogen-bond acceptors (Lipinski definition) is 3. The first kappa shape index (κ1) is 17.8. The van der Waals surface area contributed by atoms with Crippen molar-refractivity contribution in [3.05, 3.63) is 34.4 Å². The molecule has 3 rings (SSSR count). The first-order chi connectivity index (χ1) is 11.8. The Hall–Kier alpha value is -2.02. The molecule has 0 radical (unpaired) electrons. The molecule has 0 unspecified atom stereocenters. The topological polar surface area (TPSA) is 65.6 Å². The molecule has 25 heavy (non-hydrogen) atoms. The second kappa shape index (κ2) is 6.71. The van der Waals surface area contributed by atoms with Gasteiger partial charge in [-0.3, -0.25) is 4.79 Å². The Morgan fingerprint density at radius 3 is 2.28 bits per heavy atom. The maximum atomic E-state index is 12.8. The summed E-state index contributed by atoms with van der Waals surface area (Å²) < 4.78 is 6.17. The number of fused-ring (bicyclic) bond motifs is 1. The zero-order valence-corrected chi connectivity index (χ0v) is 16.2. The Labute approximate surface area is 155 Å². The van der Waals surface area contributed by atoms with Gasteiger partial charge >= 0.3 is 6.09 Å². The second-order valence-electron chi connectivity index (χ2n) is 7.12. The molecule has 0 saturated carbocycles. The van der Waals surface area contributed by atoms with Gasteiger partial charge in [-0.15, -0.1) is 0 Å². The Kier molecular flexibility index (Phi) is 4.77. The molecule has 1 fully saturated rings. The van der Waals surface area contributed by atoms with Gasteiger partial charge in [0, 0.05) is 37.1 Å². The molecule has 1 aliphatic rings. The van der Waals surface area contributed by atoms with Crippen LogP contribution in [0.1, 0.15) is 31.3 Å². The average molecular weight is 408 g/mol. The minimum absolute atomic E-state index is 0.0630. The molecule has 2 heterocycles. The highest BCUT2D eigenvalue weighted by Crippen LogP contribution is 2.28. The third-order valence-corrected chi connectivity index (χ3v) is 4.90. The van der Waals surface area contributed by atoms with Gasteiger partial charge in [0.15, 0.2) is 0 Å². The van der Waals surface area contributed by atoms with Crippen LogP contribution < -0.4 is 0 Å². The van der Waals surface area contributed by atoms with E-state index < -0.39 is 5.60 Å². The van der Waals surface area contributed by atoms with Gasteiger partial charge in [-0.1, -0.05) is 18.2 Å². The van der Waals surface area contributed by atoms with Crippen LogP contribution >= 0.6 is 15.9 Å². The summed E-state index contributed by atoms with van der Waals surface area (Å²) in [6.07, 6.45) is -0.327. The number of amides is 2. The first-order valence-corrected chi connectivity index (χ1v) is 9.09. The second-order valence-corrected chi connectivity index (χ2v) is 7.91. The quantitative estimate of drug-likeness (QED) is 0.784. The van der Waals surface area contributed by atoms with E-state index in [4.69, 9.17) is 4.74 Å². The van der Waals surface area contributed by atoms with E-state index in [0.29, 0.717) is 31.9 Å². The molecule has 0 bridgehead atoms. The molecule has 2 amide bonds. The summed E-state index contributed by atoms with van der Waals surface area (Å²) >= 11 is 3.52. The van der Waals surface area contributed by atoms with Crippen molar-refractivity contribution in [1.29, 1.82) is 0 Å². The van der Waals surface area contributed by atoms with Crippen LogP contribution in [-0.4, -0.2) is 58.6 Å². The van der Waals surface area contributed by atoms with E-state index >= 15 is 0 Å². The largest absolute Gasteiger partial charge is 0.444 e. The van der Waals surface area contributed by atoms with Gasteiger partial charge < -0.3 is 19.5 Å². The highest BCUT2D eigenvalue weighted by Gasteiger charge is 2.29. The number of H-pyrrole nitrogens is 1. The van der Waals surface area contributed by atoms with Crippen molar-refractivity contribution in [2.75, 3.05) is 26.2 Å². The summed E-state index contributed by atoms with van der Waals surface area (Å²) in [4.78, 5) is 31.5. The molecule has 1 saturated heterocycles. The van der Waals surface area contributed by atoms with Crippen LogP contribution in [-0.2, 0) is 4.74 Å². The van der Waals surface area contributed by atoms with E-state index in [-0.39, 0.29) is 12.0 Å². The predicted molar refractivity (Wildman–Crippen MR) is 99.7 cm³/mol. The number of hydrogen-bond donors (Lipinski definition) is 1. The molecule has 0 aliphatic carbocycles. The number of rotatable bonds is 1. The maximum Gasteiger partial charge on any atom is 0.410 e. The Morgan fingerprint density at radius 1 is 1.08 bits per heavy atom. The lowest BCUT2D eigenvalue weighted by Crippen LogP contribution is -2.51. The smallest absolute Gasteiger partial charge is 0.410 e. The van der Waals surface area contributed by atoms with Crippen molar-refractivity contribution in [1.82, 2.24) is 14.8 Å². The van der Waals surface area contributed by atoms with E-state index in [1.165, 1.54) is 0 Å². The molecule has 2 aromatic rings. The van der Waals surface area contributed by atoms with Crippen molar-refractivity contribution in [2.24, 2.45) is 0 Å². The van der Waals surface area contributed by atoms with E-state index in [2.05, 4.69) is 20.9 Å². The summed E-state index contributed by atoms with van der Waals surface area (Å²) in [5, 5.41) is 0.984. The van der Waals surface area contributed by atoms with E-state index in [1.54, 1.807) is 9.80 Å². The van der Waals surface area contributed by atoms with Crippen molar-refractivity contribution in [3.8, 4) is 0 Å². The number of halogens is 1. The summed E-state index contributed by atoms with van der Waals surface area (Å²) in [5.74, 6) is -0.0630. The lowest BCUT2D eigenvalue weighted by atomic mass is 10.2. The number of carbonyl (C=O) groups is 2. The molecule has 6 nitrogen and oxygen atoms in total. The summed E-state index contributed by atoms with van der Waals surface area (Å²) in [6.45, 7) is 7.45. The molecule has 1 N–H and O–H groups in total. The van der Waals surface area contributed by atoms with Crippen LogP contribution in [0.2, 0.25) is 0 Å². The number of benzene rings is 1. The van der Waals surface area contributed by atoms with E-state index in [1.807, 2.05) is 45.0 Å². The fourth-order valence-corrected chi connectivity index (χ4v) is 3.45. The zero-order valence-electron chi connectivity index (χ0n) is 14.6. The van der Waals surface area contributed by atoms with Crippen LogP contribution in [0, 0.1) is 0 Å². The number of aromatic amines is 1. The van der Waals surface area contributed by atoms with Crippen molar-refractivity contribution >= 4 is 38.8 Å². The lowest BCUT2D eigenvalue weighted by Gasteiger charge is -2.35. The molecule has 1 aromatic heterocycles. The molecule has 134 valence electrons. The number of carbonyl (C=O) groups excluding carboxylic acids is 2. The Bertz CT molecular complexity index is 801. The molecular weight excluding hydrogens is 386 g/mol. The maximum absolute atomic E-state index is 12.8. The summed E-state index contributed by atoms with van der Waals surface area (Å²) in [5.41, 5.74) is 0.955. The summed E-state index contributed by atoms with van der Waals surface area (Å²) in [7, 11) is 0. The number of aromatic nitrogens is 1. The number of nitrogens with zero attached hydrogens (tertiary/aromatic N) is 2. The van der Waals surface area contributed by atoms with Gasteiger partial charge in [-0.2, -0.15) is 0 Å². The van der Waals surface area contributed by atoms with Gasteiger partial charge in [0.1, 0.15) is 11.3 Å². The fourth-order valence-electron chi connectivity index (χ4n) is 2.83. The van der Waals surface area contributed by atoms with Crippen LogP contribution in [0.3, 0.4) is 0 Å². The number of ether oxygens (including phenoxy) is 1. The molecule has 7 heteroatoms. The lowest BCUT2D eigenvalue weighted by molar-refractivity contribution is 0.0140. The minimum atomic E-state index is -0.515. The molecule has 1 aliphatic heterocycles. The summed E-state index contributed by atoms with van der Waals surface area (Å²) in [6, 6.07) is 7.78. The Morgan fingerprint density at radius 2 is 1.68 bits per heavy atom. The average Bonchev–Trinajstić information content (AvgIpc) is 2.90. The van der Waals surface area contributed by atoms with Crippen LogP contribution in [0.5, 0.6) is 0 Å². The first-order valence-electron chi connectivity index (χ1n) is 8.29. The van der Waals surface area contributed by atoms with E-state index in [9.17, 15) is 9.59 Å². The highest BCUT2D eigenvalue weighted by molar-refractivity contribution is 9.10. The molecule has 0 spiro atoms. The van der Waals surface area contributed by atoms with Crippen molar-refractivity contribution < 1.29 is 14.3 Å². The Balaban J connectivity index is 1.67. The van der Waals surface area contributed by atoms with Gasteiger partial charge in [0.25, 0.3) is 5.91 Å². The van der Waals surface area contributed by atoms with Crippen LogP contribution in [0.15, 0.2) is 28.7 Å². The zero-order chi connectivity index (χ0) is 18.2. The van der Waals surface area contributed by atoms with Gasteiger partial charge in [-0.25, -0.2) is 4.79 Å². The SMILES string of the molecule is CC(C)(C)OC(=O)N1CCN(C(=O)c2[nH]c3ccccc3c2Br)CC1. The highest BCUT2D eigenvalue weighted by atomic mass is 79.9. The van der Waals surface area contributed by atoms with Gasteiger partial charge in [0.05, 0.1) is 4.47 Å². The normalized spacial score (nSPS) is 15.5. The molecule has 0 atom stereocenters. The van der Waals surface area contributed by atoms with Crippen molar-refractivity contribution in [2.45, 2.75) is 26.4 Å². The number of piperazine rings is 1. The number of nitrogens with one attached hydrogen (secondary N) is 1. The van der Waals surface area contributed by atoms with E-state index in [0.717, 1.165) is 15.4 Å². The monoisotopic (exact) mass is 407 g/mol. The fraction of sp³-hybridized carbons (Fsp3) is 0.444. The van der Waals surface area contributed by atoms with Crippen LogP contribution in [0.4, 0.5) is 4.79 Å². The third kappa shape index (κ3) is 3.81. The predicted octanol–water partition coefficient (Wildman–Crippen LogP) is 3.62. The van der Waals surface area contributed by atoms with Gasteiger partial charge in [-0.05, 0) is 42.8 Å². The number of para-hydroxylation sites is 1.